The molecule has 7 nitrogen and oxygen atoms in total. The fourth-order valence-corrected chi connectivity index (χ4v) is 4.87. The normalized spacial score (nSPS) is 10.6. The second-order valence-electron chi connectivity index (χ2n) is 8.04. The van der Waals surface area contributed by atoms with Gasteiger partial charge in [0.1, 0.15) is 11.5 Å². The Bertz CT molecular complexity index is 1290. The Morgan fingerprint density at radius 1 is 0.865 bits per heavy atom. The number of hydrogen-bond donors (Lipinski definition) is 3. The van der Waals surface area contributed by atoms with Crippen molar-refractivity contribution in [3.8, 4) is 11.5 Å². The highest BCUT2D eigenvalue weighted by atomic mass is 79.9. The number of benzene rings is 3. The van der Waals surface area contributed by atoms with Crippen molar-refractivity contribution < 1.29 is 19.1 Å². The van der Waals surface area contributed by atoms with Crippen LogP contribution in [0.1, 0.15) is 43.0 Å². The van der Waals surface area contributed by atoms with Crippen molar-refractivity contribution in [1.29, 1.82) is 0 Å². The molecule has 0 unspecified atom stereocenters. The molecule has 0 aliphatic carbocycles. The van der Waals surface area contributed by atoms with Crippen molar-refractivity contribution >= 4 is 87.7 Å². The predicted octanol–water partition coefficient (Wildman–Crippen LogP) is 6.80. The van der Waals surface area contributed by atoms with E-state index in [4.69, 9.17) is 21.7 Å². The maximum Gasteiger partial charge on any atom is 0.276 e. The lowest BCUT2D eigenvalue weighted by Gasteiger charge is -2.14. The second kappa shape index (κ2) is 14.7. The van der Waals surface area contributed by atoms with E-state index in [2.05, 4.69) is 70.9 Å². The van der Waals surface area contributed by atoms with Crippen molar-refractivity contribution in [1.82, 2.24) is 16.2 Å². The van der Waals surface area contributed by atoms with Crippen LogP contribution in [0.15, 0.2) is 61.9 Å². The Balaban J connectivity index is 1.49. The lowest BCUT2D eigenvalue weighted by Crippen LogP contribution is -2.49. The average molecular weight is 716 g/mol. The fourth-order valence-electron chi connectivity index (χ4n) is 3.38. The molecule has 0 aliphatic heterocycles. The molecule has 0 radical (unpaired) electrons. The third kappa shape index (κ3) is 8.94. The van der Waals surface area contributed by atoms with E-state index < -0.39 is 11.8 Å². The Morgan fingerprint density at radius 2 is 1.59 bits per heavy atom. The van der Waals surface area contributed by atoms with E-state index in [0.717, 1.165) is 49.9 Å². The summed E-state index contributed by atoms with van der Waals surface area (Å²) in [7, 11) is 0. The second-order valence-corrected chi connectivity index (χ2v) is 11.1. The van der Waals surface area contributed by atoms with Gasteiger partial charge in [0.25, 0.3) is 11.8 Å². The molecule has 3 rings (SSSR count). The molecule has 11 heteroatoms. The molecule has 37 heavy (non-hydrogen) atoms. The summed E-state index contributed by atoms with van der Waals surface area (Å²) in [5.41, 5.74) is 5.27. The van der Waals surface area contributed by atoms with Crippen molar-refractivity contribution in [3.05, 3.63) is 67.5 Å². The minimum absolute atomic E-state index is 0.0651. The average Bonchev–Trinajstić information content (AvgIpc) is 2.87. The number of carbonyl (C=O) groups is 2. The SMILES string of the molecule is CCCCCCOc1ccc(Br)cc1C(=O)NC(=S)NNC(=O)COc1ccc2cc(Br)ccc2c1Br. The molecule has 3 aromatic rings. The summed E-state index contributed by atoms with van der Waals surface area (Å²) in [6, 6.07) is 14.8. The van der Waals surface area contributed by atoms with Gasteiger partial charge in [0.2, 0.25) is 0 Å². The van der Waals surface area contributed by atoms with Gasteiger partial charge in [-0.2, -0.15) is 0 Å². The van der Waals surface area contributed by atoms with E-state index in [1.165, 1.54) is 0 Å². The summed E-state index contributed by atoms with van der Waals surface area (Å²) in [6.07, 6.45) is 4.26. The highest BCUT2D eigenvalue weighted by molar-refractivity contribution is 9.11. The zero-order chi connectivity index (χ0) is 26.8. The molecule has 0 fully saturated rings. The number of ether oxygens (including phenoxy) is 2. The van der Waals surface area contributed by atoms with Crippen molar-refractivity contribution in [2.24, 2.45) is 0 Å². The van der Waals surface area contributed by atoms with Gasteiger partial charge in [-0.1, -0.05) is 70.2 Å². The van der Waals surface area contributed by atoms with Gasteiger partial charge >= 0.3 is 0 Å². The zero-order valence-corrected chi connectivity index (χ0v) is 25.6. The first-order valence-electron chi connectivity index (χ1n) is 11.6. The maximum absolute atomic E-state index is 12.8. The van der Waals surface area contributed by atoms with Crippen LogP contribution in [0.2, 0.25) is 0 Å². The van der Waals surface area contributed by atoms with Crippen LogP contribution in [0.3, 0.4) is 0 Å². The molecular formula is C26H26Br3N3O4S. The van der Waals surface area contributed by atoms with E-state index in [9.17, 15) is 9.59 Å². The van der Waals surface area contributed by atoms with Crippen LogP contribution in [0.25, 0.3) is 10.8 Å². The molecule has 0 aromatic heterocycles. The molecule has 3 aromatic carbocycles. The quantitative estimate of drug-likeness (QED) is 0.122. The standard InChI is InChI=1S/C26H26Br3N3O4S/c1-2-3-4-5-12-35-21-11-8-18(28)14-20(21)25(34)30-26(37)32-31-23(33)15-36-22-10-6-16-13-17(27)7-9-19(16)24(22)29/h6-11,13-14H,2-5,12,15H2,1H3,(H,31,33)(H2,30,32,34,37). The van der Waals surface area contributed by atoms with Gasteiger partial charge < -0.3 is 9.47 Å². The monoisotopic (exact) mass is 713 g/mol. The van der Waals surface area contributed by atoms with E-state index in [1.807, 2.05) is 30.3 Å². The van der Waals surface area contributed by atoms with E-state index >= 15 is 0 Å². The van der Waals surface area contributed by atoms with Crippen LogP contribution < -0.4 is 25.6 Å². The summed E-state index contributed by atoms with van der Waals surface area (Å²) in [4.78, 5) is 25.1. The molecular weight excluding hydrogens is 690 g/mol. The number of amides is 2. The van der Waals surface area contributed by atoms with Gasteiger partial charge in [0.05, 0.1) is 16.6 Å². The smallest absolute Gasteiger partial charge is 0.276 e. The molecule has 196 valence electrons. The van der Waals surface area contributed by atoms with Gasteiger partial charge in [0.15, 0.2) is 11.7 Å². The summed E-state index contributed by atoms with van der Waals surface area (Å²) in [5.74, 6) is 0.0565. The first-order chi connectivity index (χ1) is 17.8. The minimum atomic E-state index is -0.474. The van der Waals surface area contributed by atoms with Crippen molar-refractivity contribution in [2.75, 3.05) is 13.2 Å². The maximum atomic E-state index is 12.8. The summed E-state index contributed by atoms with van der Waals surface area (Å²) < 4.78 is 13.9. The van der Waals surface area contributed by atoms with Gasteiger partial charge in [-0.15, -0.1) is 0 Å². The predicted molar refractivity (Wildman–Crippen MR) is 160 cm³/mol. The molecule has 0 spiro atoms. The first kappa shape index (κ1) is 29.3. The van der Waals surface area contributed by atoms with Gasteiger partial charge in [0, 0.05) is 8.95 Å². The molecule has 3 N–H and O–H groups in total. The highest BCUT2D eigenvalue weighted by Gasteiger charge is 2.16. The molecule has 0 heterocycles. The Morgan fingerprint density at radius 3 is 2.38 bits per heavy atom. The number of unbranched alkanes of at least 4 members (excludes halogenated alkanes) is 3. The number of hydrazine groups is 1. The van der Waals surface area contributed by atoms with Gasteiger partial charge in [-0.3, -0.25) is 25.8 Å². The topological polar surface area (TPSA) is 88.7 Å². The summed E-state index contributed by atoms with van der Waals surface area (Å²) in [5, 5.41) is 4.47. The van der Waals surface area contributed by atoms with Crippen LogP contribution in [-0.2, 0) is 4.79 Å². The van der Waals surface area contributed by atoms with Gasteiger partial charge in [-0.05, 0) is 81.7 Å². The van der Waals surface area contributed by atoms with Crippen LogP contribution in [-0.4, -0.2) is 30.1 Å². The van der Waals surface area contributed by atoms with E-state index in [0.29, 0.717) is 23.7 Å². The number of nitrogens with one attached hydrogen (secondary N) is 3. The van der Waals surface area contributed by atoms with E-state index in [1.54, 1.807) is 18.2 Å². The number of carbonyl (C=O) groups excluding carboxylic acids is 2. The first-order valence-corrected chi connectivity index (χ1v) is 14.4. The Kier molecular flexibility index (Phi) is 11.6. The molecule has 0 saturated heterocycles. The summed E-state index contributed by atoms with van der Waals surface area (Å²) in [6.45, 7) is 2.41. The largest absolute Gasteiger partial charge is 0.493 e. The number of halogens is 3. The lowest BCUT2D eigenvalue weighted by atomic mass is 10.1. The van der Waals surface area contributed by atoms with Crippen LogP contribution in [0, 0.1) is 0 Å². The van der Waals surface area contributed by atoms with Crippen molar-refractivity contribution in [2.45, 2.75) is 32.6 Å². The zero-order valence-electron chi connectivity index (χ0n) is 20.0. The molecule has 0 atom stereocenters. The number of rotatable bonds is 10. The fraction of sp³-hybridized carbons (Fsp3) is 0.269. The Labute approximate surface area is 246 Å². The number of thiocarbonyl (C=S) groups is 1. The number of fused-ring (bicyclic) bond motifs is 1. The third-order valence-electron chi connectivity index (χ3n) is 5.22. The third-order valence-corrected chi connectivity index (χ3v) is 7.23. The summed E-state index contributed by atoms with van der Waals surface area (Å²) >= 11 is 15.5. The molecule has 0 bridgehead atoms. The molecule has 2 amide bonds. The van der Waals surface area contributed by atoms with E-state index in [-0.39, 0.29) is 11.7 Å². The van der Waals surface area contributed by atoms with Crippen LogP contribution >= 0.6 is 60.0 Å². The molecule has 0 aliphatic rings. The number of hydrogen-bond acceptors (Lipinski definition) is 5. The Hall–Kier alpha value is -2.21. The highest BCUT2D eigenvalue weighted by Crippen LogP contribution is 2.34. The lowest BCUT2D eigenvalue weighted by molar-refractivity contribution is -0.123. The van der Waals surface area contributed by atoms with Gasteiger partial charge in [-0.25, -0.2) is 0 Å². The van der Waals surface area contributed by atoms with Crippen LogP contribution in [0.5, 0.6) is 11.5 Å². The minimum Gasteiger partial charge on any atom is -0.493 e. The van der Waals surface area contributed by atoms with Crippen LogP contribution in [0.4, 0.5) is 0 Å². The van der Waals surface area contributed by atoms with Crippen molar-refractivity contribution in [3.63, 3.8) is 0 Å². The molecule has 0 saturated carbocycles.